The molecule has 0 saturated heterocycles. The smallest absolute Gasteiger partial charge is 0.0408 e. The molecule has 1 aromatic heterocycles. The van der Waals surface area contributed by atoms with Crippen LogP contribution in [0, 0.1) is 17.4 Å². The molecule has 1 nitrogen and oxygen atoms in total. The Labute approximate surface area is 105 Å². The molecule has 0 spiro atoms. The van der Waals surface area contributed by atoms with Crippen molar-refractivity contribution < 1.29 is 0 Å². The number of aromatic nitrogens is 1. The Morgan fingerprint density at radius 1 is 1.29 bits per heavy atom. The van der Waals surface area contributed by atoms with Crippen molar-refractivity contribution in [2.24, 2.45) is 0 Å². The summed E-state index contributed by atoms with van der Waals surface area (Å²) >= 11 is 5.91. The molecule has 0 bridgehead atoms. The molecule has 0 N–H and O–H groups in total. The van der Waals surface area contributed by atoms with E-state index in [0.29, 0.717) is 0 Å². The van der Waals surface area contributed by atoms with Crippen LogP contribution in [0.5, 0.6) is 0 Å². The summed E-state index contributed by atoms with van der Waals surface area (Å²) in [4.78, 5) is 4.22. The maximum atomic E-state index is 4.22. The third-order valence-electron chi connectivity index (χ3n) is 2.40. The van der Waals surface area contributed by atoms with Crippen LogP contribution >= 0.6 is 38.5 Å². The van der Waals surface area contributed by atoms with Gasteiger partial charge in [0, 0.05) is 31.2 Å². The maximum absolute atomic E-state index is 4.22. The summed E-state index contributed by atoms with van der Waals surface area (Å²) in [5, 5.41) is 2.56. The molecule has 0 aliphatic rings. The minimum atomic E-state index is 1.17. The molecule has 2 rings (SSSR count). The first-order valence-corrected chi connectivity index (χ1v) is 6.17. The Hall–Kier alpha value is -0.160. The molecule has 0 fully saturated rings. The summed E-state index contributed by atoms with van der Waals surface area (Å²) in [6.45, 7) is 4.25. The lowest BCUT2D eigenvalue weighted by Crippen LogP contribution is -1.89. The fourth-order valence-corrected chi connectivity index (χ4v) is 3.01. The molecule has 0 radical (unpaired) electrons. The van der Waals surface area contributed by atoms with Crippen LogP contribution in [0.3, 0.4) is 0 Å². The van der Waals surface area contributed by atoms with Gasteiger partial charge in [0.05, 0.1) is 0 Å². The van der Waals surface area contributed by atoms with Crippen LogP contribution in [0.4, 0.5) is 0 Å². The van der Waals surface area contributed by atoms with Crippen LogP contribution in [0.2, 0.25) is 0 Å². The van der Waals surface area contributed by atoms with Crippen molar-refractivity contribution in [1.29, 1.82) is 0 Å². The Balaban J connectivity index is 3.03. The van der Waals surface area contributed by atoms with Crippen LogP contribution in [-0.4, -0.2) is 4.98 Å². The second kappa shape index (κ2) is 3.77. The second-order valence-corrected chi connectivity index (χ2v) is 5.36. The normalized spacial score (nSPS) is 10.9. The fraction of sp³-hybridized carbons (Fsp3) is 0.182. The SMILES string of the molecule is Cc1cc(Br)c(C)c2c(I)cncc12. The summed E-state index contributed by atoms with van der Waals surface area (Å²) in [7, 11) is 0. The van der Waals surface area contributed by atoms with E-state index in [9.17, 15) is 0 Å². The number of pyridine rings is 1. The molecule has 72 valence electrons. The number of rotatable bonds is 0. The first-order valence-electron chi connectivity index (χ1n) is 4.30. The molecule has 1 aromatic carbocycles. The van der Waals surface area contributed by atoms with Gasteiger partial charge in [0.2, 0.25) is 0 Å². The van der Waals surface area contributed by atoms with Crippen LogP contribution in [0.25, 0.3) is 10.8 Å². The molecule has 3 heteroatoms. The highest BCUT2D eigenvalue weighted by molar-refractivity contribution is 14.1. The monoisotopic (exact) mass is 361 g/mol. The largest absolute Gasteiger partial charge is 0.263 e. The zero-order valence-electron chi connectivity index (χ0n) is 7.94. The Bertz CT molecular complexity index is 508. The van der Waals surface area contributed by atoms with Gasteiger partial charge in [-0.2, -0.15) is 0 Å². The molecule has 0 saturated carbocycles. The average molecular weight is 362 g/mol. The average Bonchev–Trinajstić information content (AvgIpc) is 2.14. The number of hydrogen-bond acceptors (Lipinski definition) is 1. The van der Waals surface area contributed by atoms with Gasteiger partial charge in [-0.05, 0) is 53.6 Å². The van der Waals surface area contributed by atoms with Crippen molar-refractivity contribution in [3.8, 4) is 0 Å². The standard InChI is InChI=1S/C11H9BrIN/c1-6-3-9(12)7(2)11-8(6)4-14-5-10(11)13/h3-5H,1-2H3. The van der Waals surface area contributed by atoms with E-state index < -0.39 is 0 Å². The van der Waals surface area contributed by atoms with Crippen LogP contribution < -0.4 is 0 Å². The van der Waals surface area contributed by atoms with E-state index in [2.05, 4.69) is 63.4 Å². The summed E-state index contributed by atoms with van der Waals surface area (Å²) < 4.78 is 2.38. The summed E-state index contributed by atoms with van der Waals surface area (Å²) in [5.74, 6) is 0. The quantitative estimate of drug-likeness (QED) is 0.640. The van der Waals surface area contributed by atoms with Gasteiger partial charge in [-0.3, -0.25) is 4.98 Å². The highest BCUT2D eigenvalue weighted by atomic mass is 127. The predicted molar refractivity (Wildman–Crippen MR) is 71.6 cm³/mol. The third kappa shape index (κ3) is 1.56. The van der Waals surface area contributed by atoms with E-state index in [0.717, 1.165) is 0 Å². The van der Waals surface area contributed by atoms with Gasteiger partial charge in [-0.1, -0.05) is 15.9 Å². The lowest BCUT2D eigenvalue weighted by Gasteiger charge is -2.09. The molecule has 1 heterocycles. The maximum Gasteiger partial charge on any atom is 0.0408 e. The topological polar surface area (TPSA) is 12.9 Å². The predicted octanol–water partition coefficient (Wildman–Crippen LogP) is 4.22. The van der Waals surface area contributed by atoms with Gasteiger partial charge in [0.1, 0.15) is 0 Å². The van der Waals surface area contributed by atoms with Gasteiger partial charge in [-0.25, -0.2) is 0 Å². The first kappa shape index (κ1) is 10.4. The Kier molecular flexibility index (Phi) is 2.79. The number of benzene rings is 1. The number of aryl methyl sites for hydroxylation is 2. The van der Waals surface area contributed by atoms with E-state index in [-0.39, 0.29) is 0 Å². The molecular formula is C11H9BrIN. The highest BCUT2D eigenvalue weighted by Crippen LogP contribution is 2.31. The van der Waals surface area contributed by atoms with Crippen molar-refractivity contribution in [2.75, 3.05) is 0 Å². The van der Waals surface area contributed by atoms with Crippen LogP contribution in [0.15, 0.2) is 22.9 Å². The Morgan fingerprint density at radius 3 is 2.71 bits per heavy atom. The zero-order valence-corrected chi connectivity index (χ0v) is 11.7. The van der Waals surface area contributed by atoms with Crippen LogP contribution in [-0.2, 0) is 0 Å². The number of halogens is 2. The number of fused-ring (bicyclic) bond motifs is 1. The lowest BCUT2D eigenvalue weighted by molar-refractivity contribution is 1.31. The molecule has 0 aliphatic carbocycles. The van der Waals surface area contributed by atoms with Crippen LogP contribution in [0.1, 0.15) is 11.1 Å². The lowest BCUT2D eigenvalue weighted by atomic mass is 10.0. The summed E-state index contributed by atoms with van der Waals surface area (Å²) in [6.07, 6.45) is 3.84. The van der Waals surface area contributed by atoms with E-state index in [1.165, 1.54) is 29.9 Å². The number of hydrogen-bond donors (Lipinski definition) is 0. The van der Waals surface area contributed by atoms with E-state index >= 15 is 0 Å². The molecule has 0 atom stereocenters. The van der Waals surface area contributed by atoms with E-state index in [4.69, 9.17) is 0 Å². The molecule has 0 aliphatic heterocycles. The van der Waals surface area contributed by atoms with Crippen molar-refractivity contribution in [3.63, 3.8) is 0 Å². The third-order valence-corrected chi connectivity index (χ3v) is 4.04. The van der Waals surface area contributed by atoms with Gasteiger partial charge < -0.3 is 0 Å². The van der Waals surface area contributed by atoms with Gasteiger partial charge in [0.15, 0.2) is 0 Å². The molecule has 0 unspecified atom stereocenters. The zero-order chi connectivity index (χ0) is 10.3. The van der Waals surface area contributed by atoms with E-state index in [1.807, 2.05) is 12.4 Å². The van der Waals surface area contributed by atoms with Crippen molar-refractivity contribution >= 4 is 49.3 Å². The van der Waals surface area contributed by atoms with Crippen molar-refractivity contribution in [1.82, 2.24) is 4.98 Å². The molecule has 14 heavy (non-hydrogen) atoms. The van der Waals surface area contributed by atoms with Gasteiger partial charge in [-0.15, -0.1) is 0 Å². The summed E-state index contributed by atoms with van der Waals surface area (Å²) in [6, 6.07) is 2.15. The Morgan fingerprint density at radius 2 is 2.00 bits per heavy atom. The molecule has 2 aromatic rings. The second-order valence-electron chi connectivity index (χ2n) is 3.34. The van der Waals surface area contributed by atoms with E-state index in [1.54, 1.807) is 0 Å². The highest BCUT2D eigenvalue weighted by Gasteiger charge is 2.07. The van der Waals surface area contributed by atoms with Gasteiger partial charge >= 0.3 is 0 Å². The van der Waals surface area contributed by atoms with Crippen molar-refractivity contribution in [2.45, 2.75) is 13.8 Å². The van der Waals surface area contributed by atoms with Crippen molar-refractivity contribution in [3.05, 3.63) is 37.6 Å². The minimum absolute atomic E-state index is 1.17. The molecule has 0 amide bonds. The van der Waals surface area contributed by atoms with Gasteiger partial charge in [0.25, 0.3) is 0 Å². The number of nitrogens with zero attached hydrogens (tertiary/aromatic N) is 1. The molecular weight excluding hydrogens is 353 g/mol. The minimum Gasteiger partial charge on any atom is -0.263 e. The fourth-order valence-electron chi connectivity index (χ4n) is 1.61. The first-order chi connectivity index (χ1) is 6.61. The summed E-state index contributed by atoms with van der Waals surface area (Å²) in [5.41, 5.74) is 2.56.